The van der Waals surface area contributed by atoms with Crippen molar-refractivity contribution in [2.75, 3.05) is 0 Å². The molecule has 2 aromatic heterocycles. The lowest BCUT2D eigenvalue weighted by molar-refractivity contribution is 0.0934. The number of nitrogens with zero attached hydrogens (tertiary/aromatic N) is 2. The van der Waals surface area contributed by atoms with E-state index in [2.05, 4.69) is 15.4 Å². The third-order valence-electron chi connectivity index (χ3n) is 5.86. The summed E-state index contributed by atoms with van der Waals surface area (Å²) >= 11 is 0. The first kappa shape index (κ1) is 20.6. The minimum Gasteiger partial charge on any atom is -0.344 e. The molecule has 0 aliphatic carbocycles. The number of aromatic nitrogens is 3. The maximum absolute atomic E-state index is 13.2. The summed E-state index contributed by atoms with van der Waals surface area (Å²) in [5.74, 6) is -0.741. The topological polar surface area (TPSA) is 79.3 Å². The zero-order chi connectivity index (χ0) is 23.1. The minimum atomic E-state index is -0.403. The Morgan fingerprint density at radius 1 is 1.06 bits per heavy atom. The molecule has 6 nitrogen and oxygen atoms in total. The van der Waals surface area contributed by atoms with Gasteiger partial charge in [0.05, 0.1) is 17.9 Å². The standard InChI is InChI=1S/C26H21FN4O2/c1-15-23(25(32)28-16(2)17-9-11-21(27)12-10-17)30-31-14-22(29-26(33)24(15)31)20-8-7-18-5-3-4-6-19(18)13-20/h3-14,16H,1-2H3,(H,28,32)(H,29,33). The van der Waals surface area contributed by atoms with Crippen molar-refractivity contribution in [3.05, 3.63) is 106 Å². The molecule has 164 valence electrons. The van der Waals surface area contributed by atoms with E-state index in [4.69, 9.17) is 0 Å². The number of halogens is 1. The first-order valence-corrected chi connectivity index (χ1v) is 10.6. The van der Waals surface area contributed by atoms with E-state index in [0.29, 0.717) is 16.8 Å². The van der Waals surface area contributed by atoms with Gasteiger partial charge in [0.2, 0.25) is 0 Å². The number of rotatable bonds is 4. The molecule has 0 aliphatic heterocycles. The van der Waals surface area contributed by atoms with Crippen LogP contribution in [0.4, 0.5) is 4.39 Å². The van der Waals surface area contributed by atoms with Gasteiger partial charge in [-0.1, -0.05) is 48.5 Å². The van der Waals surface area contributed by atoms with Crippen molar-refractivity contribution >= 4 is 22.2 Å². The molecule has 0 saturated heterocycles. The Kier molecular flexibility index (Phi) is 5.01. The molecule has 33 heavy (non-hydrogen) atoms. The van der Waals surface area contributed by atoms with Gasteiger partial charge in [-0.2, -0.15) is 5.10 Å². The largest absolute Gasteiger partial charge is 0.344 e. The van der Waals surface area contributed by atoms with Gasteiger partial charge in [0.25, 0.3) is 11.5 Å². The molecule has 3 aromatic carbocycles. The Bertz CT molecular complexity index is 1570. The fraction of sp³-hybridized carbons (Fsp3) is 0.115. The third kappa shape index (κ3) is 3.78. The molecule has 0 saturated carbocycles. The summed E-state index contributed by atoms with van der Waals surface area (Å²) in [6.45, 7) is 3.51. The molecule has 2 N–H and O–H groups in total. The zero-order valence-electron chi connectivity index (χ0n) is 18.1. The van der Waals surface area contributed by atoms with E-state index >= 15 is 0 Å². The molecule has 5 rings (SSSR count). The summed E-state index contributed by atoms with van der Waals surface area (Å²) in [4.78, 5) is 28.7. The van der Waals surface area contributed by atoms with E-state index in [1.807, 2.05) is 42.5 Å². The Hall–Kier alpha value is -4.26. The van der Waals surface area contributed by atoms with Gasteiger partial charge in [-0.15, -0.1) is 0 Å². The lowest BCUT2D eigenvalue weighted by Crippen LogP contribution is -2.27. The van der Waals surface area contributed by atoms with E-state index < -0.39 is 5.91 Å². The van der Waals surface area contributed by atoms with Gasteiger partial charge < -0.3 is 10.3 Å². The van der Waals surface area contributed by atoms with Crippen molar-refractivity contribution in [3.8, 4) is 11.3 Å². The third-order valence-corrected chi connectivity index (χ3v) is 5.86. The maximum atomic E-state index is 13.2. The molecule has 1 amide bonds. The lowest BCUT2D eigenvalue weighted by Gasteiger charge is -2.13. The number of benzene rings is 3. The number of amides is 1. The van der Waals surface area contributed by atoms with Crippen molar-refractivity contribution in [2.24, 2.45) is 0 Å². The Morgan fingerprint density at radius 3 is 2.55 bits per heavy atom. The van der Waals surface area contributed by atoms with Crippen molar-refractivity contribution in [2.45, 2.75) is 19.9 Å². The van der Waals surface area contributed by atoms with Crippen LogP contribution < -0.4 is 10.9 Å². The van der Waals surface area contributed by atoms with Crippen LogP contribution in [-0.4, -0.2) is 20.5 Å². The second-order valence-corrected chi connectivity index (χ2v) is 8.07. The van der Waals surface area contributed by atoms with Gasteiger partial charge >= 0.3 is 0 Å². The van der Waals surface area contributed by atoms with Crippen LogP contribution in [-0.2, 0) is 0 Å². The van der Waals surface area contributed by atoms with Crippen LogP contribution in [0.15, 0.2) is 77.7 Å². The van der Waals surface area contributed by atoms with Crippen molar-refractivity contribution in [1.29, 1.82) is 0 Å². The van der Waals surface area contributed by atoms with Crippen LogP contribution in [0.1, 0.15) is 34.6 Å². The highest BCUT2D eigenvalue weighted by Crippen LogP contribution is 2.23. The first-order valence-electron chi connectivity index (χ1n) is 10.6. The van der Waals surface area contributed by atoms with Crippen LogP contribution in [0.3, 0.4) is 0 Å². The molecule has 0 radical (unpaired) electrons. The van der Waals surface area contributed by atoms with Gasteiger partial charge in [0.15, 0.2) is 5.69 Å². The number of hydrogen-bond acceptors (Lipinski definition) is 3. The molecule has 1 unspecified atom stereocenters. The molecule has 0 fully saturated rings. The number of nitrogens with one attached hydrogen (secondary N) is 2. The number of H-pyrrole nitrogens is 1. The predicted octanol–water partition coefficient (Wildman–Crippen LogP) is 4.78. The van der Waals surface area contributed by atoms with Crippen LogP contribution in [0.2, 0.25) is 0 Å². The number of hydrogen-bond donors (Lipinski definition) is 2. The average molecular weight is 440 g/mol. The van der Waals surface area contributed by atoms with E-state index in [0.717, 1.165) is 21.9 Å². The molecular weight excluding hydrogens is 419 g/mol. The summed E-state index contributed by atoms with van der Waals surface area (Å²) in [5, 5.41) is 9.44. The molecule has 7 heteroatoms. The summed E-state index contributed by atoms with van der Waals surface area (Å²) < 4.78 is 14.6. The number of carbonyl (C=O) groups is 1. The van der Waals surface area contributed by atoms with Crippen LogP contribution in [0.25, 0.3) is 27.5 Å². The molecule has 0 bridgehead atoms. The van der Waals surface area contributed by atoms with Gasteiger partial charge in [-0.25, -0.2) is 8.91 Å². The van der Waals surface area contributed by atoms with Crippen molar-refractivity contribution in [1.82, 2.24) is 19.9 Å². The lowest BCUT2D eigenvalue weighted by atomic mass is 10.1. The Morgan fingerprint density at radius 2 is 1.79 bits per heavy atom. The predicted molar refractivity (Wildman–Crippen MR) is 126 cm³/mol. The van der Waals surface area contributed by atoms with Gasteiger partial charge in [0.1, 0.15) is 11.3 Å². The van der Waals surface area contributed by atoms with E-state index in [1.54, 1.807) is 32.2 Å². The van der Waals surface area contributed by atoms with E-state index in [1.165, 1.54) is 16.6 Å². The highest BCUT2D eigenvalue weighted by Gasteiger charge is 2.21. The SMILES string of the molecule is Cc1c(C(=O)NC(C)c2ccc(F)cc2)nn2cc(-c3ccc4ccccc4c3)[nH]c(=O)c12. The van der Waals surface area contributed by atoms with E-state index in [-0.39, 0.29) is 23.1 Å². The van der Waals surface area contributed by atoms with E-state index in [9.17, 15) is 14.0 Å². The van der Waals surface area contributed by atoms with Gasteiger partial charge in [-0.05, 0) is 48.4 Å². The Labute approximate surface area is 188 Å². The van der Waals surface area contributed by atoms with Gasteiger partial charge in [-0.3, -0.25) is 9.59 Å². The second kappa shape index (κ2) is 8.02. The van der Waals surface area contributed by atoms with Gasteiger partial charge in [0, 0.05) is 11.1 Å². The number of fused-ring (bicyclic) bond motifs is 2. The minimum absolute atomic E-state index is 0.171. The van der Waals surface area contributed by atoms with Crippen LogP contribution in [0.5, 0.6) is 0 Å². The highest BCUT2D eigenvalue weighted by atomic mass is 19.1. The van der Waals surface area contributed by atoms with Crippen LogP contribution >= 0.6 is 0 Å². The molecule has 0 spiro atoms. The summed E-state index contributed by atoms with van der Waals surface area (Å²) in [6.07, 6.45) is 1.72. The normalized spacial score (nSPS) is 12.2. The number of carbonyl (C=O) groups excluding carboxylic acids is 1. The molecule has 1 atom stereocenters. The molecule has 5 aromatic rings. The zero-order valence-corrected chi connectivity index (χ0v) is 18.1. The first-order chi connectivity index (χ1) is 15.9. The van der Waals surface area contributed by atoms with Crippen molar-refractivity contribution in [3.63, 3.8) is 0 Å². The monoisotopic (exact) mass is 440 g/mol. The average Bonchev–Trinajstić information content (AvgIpc) is 3.16. The Balaban J connectivity index is 1.50. The molecule has 0 aliphatic rings. The summed E-state index contributed by atoms with van der Waals surface area (Å²) in [5.41, 5.74) is 2.87. The summed E-state index contributed by atoms with van der Waals surface area (Å²) in [6, 6.07) is 19.5. The fourth-order valence-corrected chi connectivity index (χ4v) is 4.04. The quantitative estimate of drug-likeness (QED) is 0.422. The van der Waals surface area contributed by atoms with Crippen molar-refractivity contribution < 1.29 is 9.18 Å². The fourth-order valence-electron chi connectivity index (χ4n) is 4.04. The molecular formula is C26H21FN4O2. The second-order valence-electron chi connectivity index (χ2n) is 8.07. The van der Waals surface area contributed by atoms with Crippen LogP contribution in [0, 0.1) is 12.7 Å². The maximum Gasteiger partial charge on any atom is 0.274 e. The smallest absolute Gasteiger partial charge is 0.274 e. The molecule has 2 heterocycles. The number of aromatic amines is 1. The highest BCUT2D eigenvalue weighted by molar-refractivity contribution is 5.96. The summed E-state index contributed by atoms with van der Waals surface area (Å²) in [7, 11) is 0. The number of aryl methyl sites for hydroxylation is 1.